The summed E-state index contributed by atoms with van der Waals surface area (Å²) in [6.45, 7) is -0.200. The molecule has 3 rings (SSSR count). The predicted octanol–water partition coefficient (Wildman–Crippen LogP) is 6.14. The molecule has 2 aromatic carbocycles. The molecule has 3 atom stereocenters. The number of carbonyl (C=O) groups is 3. The minimum absolute atomic E-state index is 0.200. The number of halogens is 8. The van der Waals surface area contributed by atoms with E-state index in [0.29, 0.717) is 22.0 Å². The Morgan fingerprint density at radius 1 is 0.975 bits per heavy atom. The van der Waals surface area contributed by atoms with Gasteiger partial charge in [-0.2, -0.15) is 26.3 Å². The molecular formula is C26H25Cl2F6N3O3. The molecule has 0 aromatic heterocycles. The molecular weight excluding hydrogens is 587 g/mol. The van der Waals surface area contributed by atoms with E-state index in [-0.39, 0.29) is 18.0 Å². The minimum atomic E-state index is -4.76. The maximum absolute atomic E-state index is 13.3. The Kier molecular flexibility index (Phi) is 9.99. The van der Waals surface area contributed by atoms with Crippen molar-refractivity contribution >= 4 is 52.2 Å². The van der Waals surface area contributed by atoms with Crippen molar-refractivity contribution in [2.75, 3.05) is 11.4 Å². The summed E-state index contributed by atoms with van der Waals surface area (Å²) >= 11 is 12.5. The van der Waals surface area contributed by atoms with E-state index in [2.05, 4.69) is 5.32 Å². The zero-order valence-electron chi connectivity index (χ0n) is 20.8. The first kappa shape index (κ1) is 31.5. The highest BCUT2D eigenvalue weighted by atomic mass is 35.5. The summed E-state index contributed by atoms with van der Waals surface area (Å²) in [4.78, 5) is 40.3. The third-order valence-electron chi connectivity index (χ3n) is 6.59. The van der Waals surface area contributed by atoms with Gasteiger partial charge in [-0.05, 0) is 43.2 Å². The number of primary amides is 1. The van der Waals surface area contributed by atoms with Gasteiger partial charge in [-0.3, -0.25) is 14.4 Å². The lowest BCUT2D eigenvalue weighted by Crippen LogP contribution is -2.51. The molecule has 1 aliphatic heterocycles. The molecule has 0 bridgehead atoms. The SMILES string of the molecule is NC(=O)[C@@H](CCC(F)(F)F)[C@@H](CCC(F)(F)F)C(=O)N[C@H]1CN(c2cccc(Cl)c2)c2cccc(Cl)c2CC1=O. The molecule has 6 nitrogen and oxygen atoms in total. The van der Waals surface area contributed by atoms with E-state index in [4.69, 9.17) is 28.9 Å². The number of anilines is 2. The number of nitrogens with one attached hydrogen (secondary N) is 1. The largest absolute Gasteiger partial charge is 0.389 e. The summed E-state index contributed by atoms with van der Waals surface area (Å²) in [7, 11) is 0. The zero-order chi connectivity index (χ0) is 29.8. The number of hydrogen-bond acceptors (Lipinski definition) is 4. The number of hydrogen-bond donors (Lipinski definition) is 2. The van der Waals surface area contributed by atoms with E-state index < -0.39 is 73.5 Å². The fourth-order valence-corrected chi connectivity index (χ4v) is 5.06. The van der Waals surface area contributed by atoms with Crippen molar-refractivity contribution in [3.63, 3.8) is 0 Å². The number of ketones is 1. The van der Waals surface area contributed by atoms with Gasteiger partial charge in [0.05, 0.1) is 6.54 Å². The Morgan fingerprint density at radius 2 is 1.57 bits per heavy atom. The number of fused-ring (bicyclic) bond motifs is 1. The Bertz CT molecular complexity index is 1250. The first-order valence-electron chi connectivity index (χ1n) is 12.1. The molecule has 2 aromatic rings. The number of alkyl halides is 6. The average Bonchev–Trinajstić information content (AvgIpc) is 2.97. The van der Waals surface area contributed by atoms with Crippen molar-refractivity contribution in [1.29, 1.82) is 0 Å². The van der Waals surface area contributed by atoms with Gasteiger partial charge in [0.25, 0.3) is 0 Å². The molecule has 218 valence electrons. The molecule has 0 radical (unpaired) electrons. The second-order valence-corrected chi connectivity index (χ2v) is 10.3. The second kappa shape index (κ2) is 12.7. The summed E-state index contributed by atoms with van der Waals surface area (Å²) in [5.41, 5.74) is 6.71. The second-order valence-electron chi connectivity index (χ2n) is 9.46. The molecule has 2 amide bonds. The van der Waals surface area contributed by atoms with E-state index in [1.54, 1.807) is 47.4 Å². The average molecular weight is 612 g/mol. The van der Waals surface area contributed by atoms with E-state index in [1.165, 1.54) is 0 Å². The molecule has 0 unspecified atom stereocenters. The molecule has 14 heteroatoms. The van der Waals surface area contributed by atoms with E-state index >= 15 is 0 Å². The summed E-state index contributed by atoms with van der Waals surface area (Å²) < 4.78 is 77.8. The molecule has 0 aliphatic carbocycles. The van der Waals surface area contributed by atoms with E-state index in [0.717, 1.165) is 0 Å². The monoisotopic (exact) mass is 611 g/mol. The van der Waals surface area contributed by atoms with Gasteiger partial charge in [-0.1, -0.05) is 35.3 Å². The van der Waals surface area contributed by atoms with Crippen LogP contribution in [0.4, 0.5) is 37.7 Å². The molecule has 1 heterocycles. The van der Waals surface area contributed by atoms with Crippen LogP contribution in [0.5, 0.6) is 0 Å². The van der Waals surface area contributed by atoms with Crippen LogP contribution in [0.3, 0.4) is 0 Å². The number of amides is 2. The first-order chi connectivity index (χ1) is 18.6. The third kappa shape index (κ3) is 8.50. The summed E-state index contributed by atoms with van der Waals surface area (Å²) in [6, 6.07) is 10.1. The fourth-order valence-electron chi connectivity index (χ4n) is 4.64. The molecule has 0 saturated heterocycles. The molecule has 0 fully saturated rings. The van der Waals surface area contributed by atoms with Crippen LogP contribution >= 0.6 is 23.2 Å². The Labute approximate surface area is 235 Å². The predicted molar refractivity (Wildman–Crippen MR) is 137 cm³/mol. The van der Waals surface area contributed by atoms with Crippen LogP contribution in [0.1, 0.15) is 31.2 Å². The Hall–Kier alpha value is -2.99. The van der Waals surface area contributed by atoms with Crippen molar-refractivity contribution in [3.8, 4) is 0 Å². The van der Waals surface area contributed by atoms with E-state index in [1.807, 2.05) is 0 Å². The third-order valence-corrected chi connectivity index (χ3v) is 7.18. The van der Waals surface area contributed by atoms with Gasteiger partial charge < -0.3 is 16.0 Å². The Morgan fingerprint density at radius 3 is 2.15 bits per heavy atom. The van der Waals surface area contributed by atoms with Gasteiger partial charge in [0.1, 0.15) is 6.04 Å². The number of nitrogens with zero attached hydrogens (tertiary/aromatic N) is 1. The lowest BCUT2D eigenvalue weighted by atomic mass is 9.83. The van der Waals surface area contributed by atoms with Crippen LogP contribution in [0, 0.1) is 11.8 Å². The number of benzene rings is 2. The quantitative estimate of drug-likeness (QED) is 0.333. The highest BCUT2D eigenvalue weighted by Gasteiger charge is 2.41. The molecule has 40 heavy (non-hydrogen) atoms. The number of carbonyl (C=O) groups excluding carboxylic acids is 3. The molecule has 0 spiro atoms. The lowest BCUT2D eigenvalue weighted by Gasteiger charge is -2.30. The molecule has 1 aliphatic rings. The van der Waals surface area contributed by atoms with Gasteiger partial charge >= 0.3 is 12.4 Å². The van der Waals surface area contributed by atoms with Crippen LogP contribution in [0.2, 0.25) is 10.0 Å². The molecule has 0 saturated carbocycles. The maximum Gasteiger partial charge on any atom is 0.389 e. The highest BCUT2D eigenvalue weighted by molar-refractivity contribution is 6.32. The number of Topliss-reactive ketones (excluding diaryl/α,β-unsaturated/α-hetero) is 1. The van der Waals surface area contributed by atoms with Crippen LogP contribution in [-0.2, 0) is 20.8 Å². The van der Waals surface area contributed by atoms with Gasteiger partial charge in [0.15, 0.2) is 5.78 Å². The summed E-state index contributed by atoms with van der Waals surface area (Å²) in [6.07, 6.45) is -14.8. The summed E-state index contributed by atoms with van der Waals surface area (Å²) in [5.74, 6) is -6.79. The van der Waals surface area contributed by atoms with Crippen LogP contribution in [-0.4, -0.2) is 42.5 Å². The first-order valence-corrected chi connectivity index (χ1v) is 12.9. The van der Waals surface area contributed by atoms with Crippen molar-refractivity contribution in [3.05, 3.63) is 58.1 Å². The van der Waals surface area contributed by atoms with Crippen LogP contribution in [0.15, 0.2) is 42.5 Å². The molecule has 3 N–H and O–H groups in total. The smallest absolute Gasteiger partial charge is 0.369 e. The normalized spacial score (nSPS) is 17.6. The van der Waals surface area contributed by atoms with E-state index in [9.17, 15) is 40.7 Å². The fraction of sp³-hybridized carbons (Fsp3) is 0.423. The van der Waals surface area contributed by atoms with Crippen molar-refractivity contribution in [2.45, 2.75) is 50.5 Å². The van der Waals surface area contributed by atoms with Gasteiger partial charge in [-0.25, -0.2) is 0 Å². The highest BCUT2D eigenvalue weighted by Crippen LogP contribution is 2.37. The van der Waals surface area contributed by atoms with Crippen molar-refractivity contribution < 1.29 is 40.7 Å². The standard InChI is InChI=1S/C26H25Cl2F6N3O3/c27-14-3-1-4-15(11-14)37-13-20(22(38)12-18-19(28)5-2-6-21(18)37)36-24(40)17(8-10-26(32,33)34)16(23(35)39)7-9-25(29,30)31/h1-6,11,16-17,20H,7-10,12-13H2,(H2,35,39)(H,36,40)/t16-,17+,20-/m0/s1. The topological polar surface area (TPSA) is 92.5 Å². The van der Waals surface area contributed by atoms with Crippen LogP contribution < -0.4 is 16.0 Å². The lowest BCUT2D eigenvalue weighted by molar-refractivity contribution is -0.152. The summed E-state index contributed by atoms with van der Waals surface area (Å²) in [5, 5.41) is 3.00. The number of rotatable bonds is 9. The van der Waals surface area contributed by atoms with Crippen molar-refractivity contribution in [2.24, 2.45) is 17.6 Å². The maximum atomic E-state index is 13.3. The Balaban J connectivity index is 1.96. The minimum Gasteiger partial charge on any atom is -0.369 e. The van der Waals surface area contributed by atoms with Gasteiger partial charge in [-0.15, -0.1) is 0 Å². The zero-order valence-corrected chi connectivity index (χ0v) is 22.3. The van der Waals surface area contributed by atoms with Gasteiger partial charge in [0.2, 0.25) is 11.8 Å². The van der Waals surface area contributed by atoms with Gasteiger partial charge in [0, 0.05) is 58.1 Å². The number of nitrogens with two attached hydrogens (primary N) is 1. The van der Waals surface area contributed by atoms with Crippen LogP contribution in [0.25, 0.3) is 0 Å². The van der Waals surface area contributed by atoms with Crippen molar-refractivity contribution in [1.82, 2.24) is 5.32 Å².